The van der Waals surface area contributed by atoms with Crippen molar-refractivity contribution < 1.29 is 29.0 Å². The molecule has 0 aliphatic carbocycles. The van der Waals surface area contributed by atoms with E-state index in [0.717, 1.165) is 11.1 Å². The molecule has 2 aromatic carbocycles. The SMILES string of the molecule is CC(C)(C)OC(=O)N1CCC(=O)C[C@@H]1Cc1ccc(Cl)cc1.CC1(O)CCN(C(=O)OC(C)(C)C)[C@@H](Cc2ccc(Cl)cc2)C1. The summed E-state index contributed by atoms with van der Waals surface area (Å²) in [7, 11) is 0. The molecule has 45 heavy (non-hydrogen) atoms. The van der Waals surface area contributed by atoms with Gasteiger partial charge in [0, 0.05) is 48.1 Å². The number of amides is 2. The van der Waals surface area contributed by atoms with Crippen molar-refractivity contribution in [1.29, 1.82) is 0 Å². The highest BCUT2D eigenvalue weighted by molar-refractivity contribution is 6.30. The van der Waals surface area contributed by atoms with E-state index in [9.17, 15) is 19.5 Å². The normalized spacial score (nSPS) is 22.3. The number of Topliss-reactive ketones (excluding diaryl/α,β-unsaturated/α-hetero) is 1. The van der Waals surface area contributed by atoms with Crippen molar-refractivity contribution in [3.05, 3.63) is 69.7 Å². The molecule has 248 valence electrons. The zero-order chi connectivity index (χ0) is 33.6. The Labute approximate surface area is 278 Å². The summed E-state index contributed by atoms with van der Waals surface area (Å²) in [4.78, 5) is 40.0. The fraction of sp³-hybridized carbons (Fsp3) is 0.571. The Morgan fingerprint density at radius 3 is 1.67 bits per heavy atom. The molecule has 10 heteroatoms. The molecule has 0 spiro atoms. The van der Waals surface area contributed by atoms with Crippen LogP contribution in [0.25, 0.3) is 0 Å². The number of hydrogen-bond acceptors (Lipinski definition) is 6. The number of ketones is 1. The van der Waals surface area contributed by atoms with Gasteiger partial charge in [-0.2, -0.15) is 0 Å². The van der Waals surface area contributed by atoms with Gasteiger partial charge < -0.3 is 24.4 Å². The van der Waals surface area contributed by atoms with Gasteiger partial charge in [-0.1, -0.05) is 47.5 Å². The third kappa shape index (κ3) is 12.5. The first-order valence-corrected chi connectivity index (χ1v) is 16.3. The first kappa shape index (κ1) is 36.7. The van der Waals surface area contributed by atoms with E-state index in [1.165, 1.54) is 0 Å². The summed E-state index contributed by atoms with van der Waals surface area (Å²) in [6.07, 6.45) is 2.51. The van der Waals surface area contributed by atoms with E-state index >= 15 is 0 Å². The number of piperidine rings is 2. The van der Waals surface area contributed by atoms with Gasteiger partial charge >= 0.3 is 12.2 Å². The van der Waals surface area contributed by atoms with Gasteiger partial charge in [-0.3, -0.25) is 4.79 Å². The van der Waals surface area contributed by atoms with Gasteiger partial charge in [0.1, 0.15) is 17.0 Å². The lowest BCUT2D eigenvalue weighted by molar-refractivity contribution is -0.122. The number of benzene rings is 2. The topological polar surface area (TPSA) is 96.4 Å². The molecule has 4 rings (SSSR count). The minimum atomic E-state index is -0.754. The third-order valence-corrected chi connectivity index (χ3v) is 8.07. The fourth-order valence-corrected chi connectivity index (χ4v) is 5.69. The van der Waals surface area contributed by atoms with Crippen LogP contribution in [0.15, 0.2) is 48.5 Å². The van der Waals surface area contributed by atoms with E-state index in [-0.39, 0.29) is 30.1 Å². The first-order chi connectivity index (χ1) is 20.8. The number of carbonyl (C=O) groups excluding carboxylic acids is 3. The Hall–Kier alpha value is -2.81. The second-order valence-corrected chi connectivity index (χ2v) is 15.1. The molecule has 8 nitrogen and oxygen atoms in total. The Balaban J connectivity index is 0.000000246. The van der Waals surface area contributed by atoms with Gasteiger partial charge in [0.15, 0.2) is 0 Å². The van der Waals surface area contributed by atoms with Gasteiger partial charge in [-0.05, 0) is 110 Å². The summed E-state index contributed by atoms with van der Waals surface area (Å²) in [6, 6.07) is 14.8. The standard InChI is InChI=1S/C18H26ClNO3.C17H22ClNO3/c1-17(2,3)23-16(21)20-10-9-18(4,22)12-15(20)11-13-5-7-14(19)8-6-13;1-17(2,3)22-16(21)19-9-8-15(20)11-14(19)10-12-4-6-13(18)7-5-12/h5-8,15,22H,9-12H2,1-4H3;4-7,14H,8-11H2,1-3H3/t15-,18?;14-/m00/s1. The summed E-state index contributed by atoms with van der Waals surface area (Å²) < 4.78 is 11.0. The largest absolute Gasteiger partial charge is 0.444 e. The van der Waals surface area contributed by atoms with Crippen LogP contribution in [0.3, 0.4) is 0 Å². The molecule has 2 saturated heterocycles. The van der Waals surface area contributed by atoms with Crippen molar-refractivity contribution in [2.24, 2.45) is 0 Å². The predicted molar refractivity (Wildman–Crippen MR) is 178 cm³/mol. The average molecular weight is 664 g/mol. The van der Waals surface area contributed by atoms with E-state index in [2.05, 4.69) is 0 Å². The quantitative estimate of drug-likeness (QED) is 0.358. The zero-order valence-electron chi connectivity index (χ0n) is 27.6. The molecule has 0 saturated carbocycles. The van der Waals surface area contributed by atoms with E-state index in [1.54, 1.807) is 9.80 Å². The number of halogens is 2. The van der Waals surface area contributed by atoms with Crippen LogP contribution in [-0.4, -0.2) is 74.9 Å². The highest BCUT2D eigenvalue weighted by atomic mass is 35.5. The Kier molecular flexibility index (Phi) is 12.4. The molecule has 2 aliphatic rings. The van der Waals surface area contributed by atoms with Gasteiger partial charge in [-0.25, -0.2) is 9.59 Å². The number of aliphatic hydroxyl groups is 1. The summed E-state index contributed by atoms with van der Waals surface area (Å²) >= 11 is 11.8. The molecule has 2 heterocycles. The number of nitrogens with zero attached hydrogens (tertiary/aromatic N) is 2. The smallest absolute Gasteiger partial charge is 0.410 e. The molecule has 2 aromatic rings. The van der Waals surface area contributed by atoms with Crippen LogP contribution in [0.5, 0.6) is 0 Å². The van der Waals surface area contributed by atoms with Crippen molar-refractivity contribution in [2.75, 3.05) is 13.1 Å². The van der Waals surface area contributed by atoms with E-state index in [0.29, 0.717) is 61.7 Å². The molecule has 1 unspecified atom stereocenters. The minimum Gasteiger partial charge on any atom is -0.444 e. The van der Waals surface area contributed by atoms with Crippen molar-refractivity contribution in [3.8, 4) is 0 Å². The highest BCUT2D eigenvalue weighted by Gasteiger charge is 2.39. The second-order valence-electron chi connectivity index (χ2n) is 14.3. The van der Waals surface area contributed by atoms with Crippen LogP contribution < -0.4 is 0 Å². The first-order valence-electron chi connectivity index (χ1n) is 15.5. The van der Waals surface area contributed by atoms with Crippen LogP contribution >= 0.6 is 23.2 Å². The number of hydrogen-bond donors (Lipinski definition) is 1. The molecule has 0 aromatic heterocycles. The minimum absolute atomic E-state index is 0.0882. The van der Waals surface area contributed by atoms with E-state index in [4.69, 9.17) is 32.7 Å². The Bertz CT molecular complexity index is 1300. The van der Waals surface area contributed by atoms with Crippen molar-refractivity contribution >= 4 is 41.2 Å². The Morgan fingerprint density at radius 1 is 0.800 bits per heavy atom. The van der Waals surface area contributed by atoms with Crippen molar-refractivity contribution in [1.82, 2.24) is 9.80 Å². The third-order valence-electron chi connectivity index (χ3n) is 7.57. The van der Waals surface area contributed by atoms with Crippen molar-refractivity contribution in [3.63, 3.8) is 0 Å². The van der Waals surface area contributed by atoms with E-state index < -0.39 is 16.8 Å². The molecular formula is C35H48Cl2N2O6. The van der Waals surface area contributed by atoms with Gasteiger partial charge in [-0.15, -0.1) is 0 Å². The second kappa shape index (κ2) is 15.2. The maximum atomic E-state index is 12.5. The molecular weight excluding hydrogens is 615 g/mol. The molecule has 0 radical (unpaired) electrons. The fourth-order valence-electron chi connectivity index (χ4n) is 5.44. The predicted octanol–water partition coefficient (Wildman–Crippen LogP) is 7.88. The molecule has 2 amide bonds. The average Bonchev–Trinajstić information content (AvgIpc) is 2.89. The number of rotatable bonds is 4. The van der Waals surface area contributed by atoms with Crippen molar-refractivity contribution in [2.45, 2.75) is 116 Å². The molecule has 2 fully saturated rings. The summed E-state index contributed by atoms with van der Waals surface area (Å²) in [5.74, 6) is 0.193. The van der Waals surface area contributed by atoms with Crippen LogP contribution in [-0.2, 0) is 27.1 Å². The summed E-state index contributed by atoms with van der Waals surface area (Å²) in [5, 5.41) is 11.8. The number of carbonyl (C=O) groups is 3. The molecule has 2 aliphatic heterocycles. The van der Waals surface area contributed by atoms with Crippen LogP contribution in [0.2, 0.25) is 10.0 Å². The van der Waals surface area contributed by atoms with Gasteiger partial charge in [0.25, 0.3) is 0 Å². The molecule has 0 bridgehead atoms. The number of ether oxygens (including phenoxy) is 2. The lowest BCUT2D eigenvalue weighted by Gasteiger charge is -2.42. The van der Waals surface area contributed by atoms with Gasteiger partial charge in [0.05, 0.1) is 5.60 Å². The lowest BCUT2D eigenvalue weighted by atomic mass is 9.85. The van der Waals surface area contributed by atoms with Crippen LogP contribution in [0, 0.1) is 0 Å². The maximum Gasteiger partial charge on any atom is 0.410 e. The summed E-state index contributed by atoms with van der Waals surface area (Å²) in [5.41, 5.74) is 0.323. The van der Waals surface area contributed by atoms with Crippen LogP contribution in [0.4, 0.5) is 9.59 Å². The highest BCUT2D eigenvalue weighted by Crippen LogP contribution is 2.30. The zero-order valence-corrected chi connectivity index (χ0v) is 29.1. The molecule has 3 atom stereocenters. The Morgan fingerprint density at radius 2 is 1.22 bits per heavy atom. The monoisotopic (exact) mass is 662 g/mol. The molecule has 1 N–H and O–H groups in total. The van der Waals surface area contributed by atoms with Crippen LogP contribution in [0.1, 0.15) is 85.3 Å². The lowest BCUT2D eigenvalue weighted by Crippen LogP contribution is -2.53. The van der Waals surface area contributed by atoms with Gasteiger partial charge in [0.2, 0.25) is 0 Å². The number of likely N-dealkylation sites (tertiary alicyclic amines) is 2. The van der Waals surface area contributed by atoms with E-state index in [1.807, 2.05) is 97.0 Å². The summed E-state index contributed by atoms with van der Waals surface area (Å²) in [6.45, 7) is 13.9. The maximum absolute atomic E-state index is 12.5.